The van der Waals surface area contributed by atoms with Gasteiger partial charge in [0.2, 0.25) is 0 Å². The molecule has 2 aromatic rings. The fourth-order valence-electron chi connectivity index (χ4n) is 2.50. The van der Waals surface area contributed by atoms with E-state index < -0.39 is 17.8 Å². The topological polar surface area (TPSA) is 95.9 Å². The Labute approximate surface area is 196 Å². The SMILES string of the molecule is O=C(O)CCOc1cccc(/C=C2/SC(=S)N(NC(=O)c3ccc(Cl)cc3Cl)C2=O)c1. The number of carboxylic acid groups (broad SMARTS) is 1. The van der Waals surface area contributed by atoms with Crippen molar-refractivity contribution in [2.75, 3.05) is 6.61 Å². The van der Waals surface area contributed by atoms with Gasteiger partial charge in [-0.2, -0.15) is 5.01 Å². The molecule has 0 atom stereocenters. The van der Waals surface area contributed by atoms with Crippen LogP contribution in [0.3, 0.4) is 0 Å². The summed E-state index contributed by atoms with van der Waals surface area (Å²) in [6, 6.07) is 11.2. The second kappa shape index (κ2) is 10.1. The minimum atomic E-state index is -0.957. The number of aliphatic carboxylic acids is 1. The van der Waals surface area contributed by atoms with Crippen molar-refractivity contribution in [1.29, 1.82) is 0 Å². The van der Waals surface area contributed by atoms with E-state index >= 15 is 0 Å². The number of thiocarbonyl (C=S) groups is 1. The highest BCUT2D eigenvalue weighted by molar-refractivity contribution is 8.26. The van der Waals surface area contributed by atoms with E-state index in [1.807, 2.05) is 0 Å². The van der Waals surface area contributed by atoms with Crippen LogP contribution >= 0.6 is 47.2 Å². The van der Waals surface area contributed by atoms with Gasteiger partial charge in [-0.25, -0.2) is 0 Å². The largest absolute Gasteiger partial charge is 0.493 e. The first-order valence-electron chi connectivity index (χ1n) is 8.73. The van der Waals surface area contributed by atoms with Crippen LogP contribution in [0.2, 0.25) is 10.0 Å². The highest BCUT2D eigenvalue weighted by Crippen LogP contribution is 2.32. The number of hydrazine groups is 1. The summed E-state index contributed by atoms with van der Waals surface area (Å²) < 4.78 is 5.55. The van der Waals surface area contributed by atoms with E-state index in [-0.39, 0.29) is 27.9 Å². The van der Waals surface area contributed by atoms with Gasteiger partial charge in [0, 0.05) is 5.02 Å². The molecule has 0 saturated carbocycles. The Bertz CT molecular complexity index is 1110. The second-order valence-electron chi connectivity index (χ2n) is 6.15. The van der Waals surface area contributed by atoms with Crippen LogP contribution in [0.1, 0.15) is 22.3 Å². The molecule has 1 saturated heterocycles. The van der Waals surface area contributed by atoms with Crippen molar-refractivity contribution in [3.63, 3.8) is 0 Å². The Morgan fingerprint density at radius 2 is 2.00 bits per heavy atom. The van der Waals surface area contributed by atoms with Gasteiger partial charge in [-0.3, -0.25) is 19.8 Å². The minimum Gasteiger partial charge on any atom is -0.493 e. The number of thioether (sulfide) groups is 1. The smallest absolute Gasteiger partial charge is 0.306 e. The predicted octanol–water partition coefficient (Wildman–Crippen LogP) is 4.39. The normalized spacial score (nSPS) is 14.8. The first-order chi connectivity index (χ1) is 14.7. The summed E-state index contributed by atoms with van der Waals surface area (Å²) in [4.78, 5) is 36.1. The third kappa shape index (κ3) is 5.98. The fourth-order valence-corrected chi connectivity index (χ4v) is 4.17. The molecule has 1 fully saturated rings. The van der Waals surface area contributed by atoms with Gasteiger partial charge < -0.3 is 9.84 Å². The van der Waals surface area contributed by atoms with E-state index in [1.165, 1.54) is 18.2 Å². The number of rotatable bonds is 7. The second-order valence-corrected chi connectivity index (χ2v) is 8.67. The summed E-state index contributed by atoms with van der Waals surface area (Å²) in [5, 5.41) is 10.2. The van der Waals surface area contributed by atoms with Crippen molar-refractivity contribution in [3.05, 3.63) is 68.5 Å². The maximum absolute atomic E-state index is 12.7. The zero-order valence-corrected chi connectivity index (χ0v) is 18.8. The standard InChI is InChI=1S/C20H14Cl2N2O5S2/c21-12-4-5-14(15(22)10-12)18(27)23-24-19(28)16(31-20(24)30)9-11-2-1-3-13(8-11)29-7-6-17(25)26/h1-5,8-10H,6-7H2,(H,23,27)(H,25,26)/b16-9+. The average Bonchev–Trinajstić information content (AvgIpc) is 2.95. The van der Waals surface area contributed by atoms with Crippen LogP contribution in [0.4, 0.5) is 0 Å². The number of carbonyl (C=O) groups is 3. The van der Waals surface area contributed by atoms with E-state index in [0.29, 0.717) is 21.2 Å². The van der Waals surface area contributed by atoms with E-state index in [4.69, 9.17) is 45.3 Å². The summed E-state index contributed by atoms with van der Waals surface area (Å²) in [5.41, 5.74) is 3.26. The molecule has 0 bridgehead atoms. The summed E-state index contributed by atoms with van der Waals surface area (Å²) >= 11 is 18.1. The highest BCUT2D eigenvalue weighted by Gasteiger charge is 2.34. The third-order valence-electron chi connectivity index (χ3n) is 3.92. The average molecular weight is 497 g/mol. The van der Waals surface area contributed by atoms with Gasteiger partial charge in [0.15, 0.2) is 4.32 Å². The highest BCUT2D eigenvalue weighted by atomic mass is 35.5. The molecule has 2 N–H and O–H groups in total. The molecule has 0 aromatic heterocycles. The van der Waals surface area contributed by atoms with Crippen molar-refractivity contribution in [3.8, 4) is 5.75 Å². The van der Waals surface area contributed by atoms with Gasteiger partial charge in [-0.15, -0.1) is 0 Å². The number of carboxylic acids is 1. The number of halogens is 2. The Balaban J connectivity index is 1.71. The molecular formula is C20H14Cl2N2O5S2. The van der Waals surface area contributed by atoms with Crippen LogP contribution in [-0.4, -0.2) is 38.8 Å². The molecule has 0 unspecified atom stereocenters. The summed E-state index contributed by atoms with van der Waals surface area (Å²) in [6.07, 6.45) is 1.48. The summed E-state index contributed by atoms with van der Waals surface area (Å²) in [5.74, 6) is -1.59. The summed E-state index contributed by atoms with van der Waals surface area (Å²) in [6.45, 7) is 0.0280. The number of hydrogen-bond acceptors (Lipinski definition) is 6. The summed E-state index contributed by atoms with van der Waals surface area (Å²) in [7, 11) is 0. The molecule has 0 radical (unpaired) electrons. The molecule has 2 amide bonds. The predicted molar refractivity (Wildman–Crippen MR) is 123 cm³/mol. The molecular weight excluding hydrogens is 483 g/mol. The van der Waals surface area contributed by atoms with Crippen LogP contribution in [-0.2, 0) is 9.59 Å². The first-order valence-corrected chi connectivity index (χ1v) is 10.7. The quantitative estimate of drug-likeness (QED) is 0.433. The maximum atomic E-state index is 12.7. The molecule has 1 aliphatic rings. The van der Waals surface area contributed by atoms with Gasteiger partial charge in [-0.05, 0) is 54.2 Å². The monoisotopic (exact) mass is 496 g/mol. The number of hydrogen-bond donors (Lipinski definition) is 2. The lowest BCUT2D eigenvalue weighted by Crippen LogP contribution is -2.44. The Kier molecular flexibility index (Phi) is 7.55. The molecule has 1 aliphatic heterocycles. The molecule has 2 aromatic carbocycles. The van der Waals surface area contributed by atoms with Crippen LogP contribution in [0.15, 0.2) is 47.4 Å². The van der Waals surface area contributed by atoms with Gasteiger partial charge in [-0.1, -0.05) is 47.1 Å². The lowest BCUT2D eigenvalue weighted by Gasteiger charge is -2.16. The van der Waals surface area contributed by atoms with Crippen LogP contribution in [0, 0.1) is 0 Å². The number of ether oxygens (including phenoxy) is 1. The van der Waals surface area contributed by atoms with E-state index in [0.717, 1.165) is 16.8 Å². The third-order valence-corrected chi connectivity index (χ3v) is 5.77. The molecule has 0 aliphatic carbocycles. The molecule has 1 heterocycles. The zero-order chi connectivity index (χ0) is 22.5. The van der Waals surface area contributed by atoms with Gasteiger partial charge in [0.25, 0.3) is 11.8 Å². The number of nitrogens with one attached hydrogen (secondary N) is 1. The minimum absolute atomic E-state index is 0.0280. The fraction of sp³-hybridized carbons (Fsp3) is 0.100. The van der Waals surface area contributed by atoms with Crippen molar-refractivity contribution in [1.82, 2.24) is 10.4 Å². The van der Waals surface area contributed by atoms with Crippen molar-refractivity contribution in [2.45, 2.75) is 6.42 Å². The van der Waals surface area contributed by atoms with Crippen LogP contribution in [0.25, 0.3) is 6.08 Å². The number of nitrogens with zero attached hydrogens (tertiary/aromatic N) is 1. The van der Waals surface area contributed by atoms with Crippen molar-refractivity contribution >= 4 is 75.4 Å². The van der Waals surface area contributed by atoms with Gasteiger partial charge >= 0.3 is 5.97 Å². The molecule has 160 valence electrons. The number of amides is 2. The Morgan fingerprint density at radius 3 is 2.71 bits per heavy atom. The van der Waals surface area contributed by atoms with Crippen LogP contribution < -0.4 is 10.2 Å². The molecule has 3 rings (SSSR count). The maximum Gasteiger partial charge on any atom is 0.306 e. The molecule has 7 nitrogen and oxygen atoms in total. The van der Waals surface area contributed by atoms with Crippen molar-refractivity contribution in [2.24, 2.45) is 0 Å². The van der Waals surface area contributed by atoms with Gasteiger partial charge in [0.1, 0.15) is 5.75 Å². The van der Waals surface area contributed by atoms with Gasteiger partial charge in [0.05, 0.1) is 28.5 Å². The lowest BCUT2D eigenvalue weighted by molar-refractivity contribution is -0.137. The lowest BCUT2D eigenvalue weighted by atomic mass is 10.2. The number of benzene rings is 2. The molecule has 0 spiro atoms. The van der Waals surface area contributed by atoms with E-state index in [1.54, 1.807) is 30.3 Å². The molecule has 31 heavy (non-hydrogen) atoms. The Hall–Kier alpha value is -2.59. The first kappa shape index (κ1) is 23.1. The molecule has 11 heteroatoms. The van der Waals surface area contributed by atoms with E-state index in [9.17, 15) is 14.4 Å². The zero-order valence-electron chi connectivity index (χ0n) is 15.6. The Morgan fingerprint density at radius 1 is 1.23 bits per heavy atom. The van der Waals surface area contributed by atoms with Crippen LogP contribution in [0.5, 0.6) is 5.75 Å². The van der Waals surface area contributed by atoms with Crippen molar-refractivity contribution < 1.29 is 24.2 Å². The van der Waals surface area contributed by atoms with E-state index in [2.05, 4.69) is 5.43 Å². The number of carbonyl (C=O) groups excluding carboxylic acids is 2.